The number of non-ortho nitro benzene ring substituents is 1. The molecular formula is C26H26ClN3O3S. The highest BCUT2D eigenvalue weighted by atomic mass is 35.5. The van der Waals surface area contributed by atoms with Gasteiger partial charge in [0.15, 0.2) is 0 Å². The van der Waals surface area contributed by atoms with Gasteiger partial charge in [-0.25, -0.2) is 4.99 Å². The van der Waals surface area contributed by atoms with Gasteiger partial charge in [-0.05, 0) is 66.0 Å². The number of carbonyl (C=O) groups excluding carboxylic acids is 1. The molecular weight excluding hydrogens is 470 g/mol. The van der Waals surface area contributed by atoms with Gasteiger partial charge in [0.1, 0.15) is 5.00 Å². The van der Waals surface area contributed by atoms with Crippen LogP contribution in [0.15, 0.2) is 53.5 Å². The number of nitro groups is 1. The van der Waals surface area contributed by atoms with Crippen LogP contribution in [0.1, 0.15) is 53.6 Å². The molecule has 0 bridgehead atoms. The maximum absolute atomic E-state index is 13.4. The first-order valence-corrected chi connectivity index (χ1v) is 12.3. The van der Waals surface area contributed by atoms with Crippen molar-refractivity contribution >= 4 is 51.4 Å². The Labute approximate surface area is 207 Å². The number of fused-ring (bicyclic) bond motifs is 1. The van der Waals surface area contributed by atoms with Gasteiger partial charge in [-0.2, -0.15) is 0 Å². The fraction of sp³-hybridized carbons (Fsp3) is 0.308. The van der Waals surface area contributed by atoms with Crippen LogP contribution in [-0.4, -0.2) is 17.0 Å². The standard InChI is InChI=1S/C26H26ClN3O3S/c1-26(2,3)17-7-12-21-22(14-17)34-25(28-15-16-5-4-6-20(13-16)30(32)33)23(21)24(31)29-19-10-8-18(27)9-11-19/h4-6,8-11,13,15,17H,7,12,14H2,1-3H3,(H,29,31)/t17-/m1/s1. The molecule has 1 aliphatic rings. The minimum atomic E-state index is -0.432. The Morgan fingerprint density at radius 3 is 2.65 bits per heavy atom. The van der Waals surface area contributed by atoms with E-state index in [0.717, 1.165) is 24.8 Å². The van der Waals surface area contributed by atoms with Crippen molar-refractivity contribution in [1.29, 1.82) is 0 Å². The Balaban J connectivity index is 1.70. The fourth-order valence-corrected chi connectivity index (χ4v) is 5.61. The molecule has 1 heterocycles. The highest BCUT2D eigenvalue weighted by Crippen LogP contribution is 2.45. The number of nitrogens with one attached hydrogen (secondary N) is 1. The maximum atomic E-state index is 13.4. The first-order chi connectivity index (χ1) is 16.1. The van der Waals surface area contributed by atoms with E-state index in [1.54, 1.807) is 42.6 Å². The summed E-state index contributed by atoms with van der Waals surface area (Å²) < 4.78 is 0. The number of nitrogens with zero attached hydrogens (tertiary/aromatic N) is 2. The van der Waals surface area contributed by atoms with Gasteiger partial charge in [0.05, 0.1) is 10.5 Å². The molecule has 8 heteroatoms. The van der Waals surface area contributed by atoms with Gasteiger partial charge in [-0.15, -0.1) is 11.3 Å². The number of thiophene rings is 1. The fourth-order valence-electron chi connectivity index (χ4n) is 4.21. The molecule has 6 nitrogen and oxygen atoms in total. The predicted molar refractivity (Wildman–Crippen MR) is 139 cm³/mol. The number of carbonyl (C=O) groups is 1. The second kappa shape index (κ2) is 9.68. The summed E-state index contributed by atoms with van der Waals surface area (Å²) in [5.74, 6) is 0.319. The van der Waals surface area contributed by atoms with Gasteiger partial charge in [-0.1, -0.05) is 44.5 Å². The molecule has 1 aromatic heterocycles. The molecule has 3 aromatic rings. The first-order valence-electron chi connectivity index (χ1n) is 11.1. The summed E-state index contributed by atoms with van der Waals surface area (Å²) in [5, 5.41) is 15.3. The molecule has 2 aromatic carbocycles. The van der Waals surface area contributed by atoms with Crippen LogP contribution in [0.3, 0.4) is 0 Å². The summed E-state index contributed by atoms with van der Waals surface area (Å²) in [7, 11) is 0. The Morgan fingerprint density at radius 2 is 1.97 bits per heavy atom. The van der Waals surface area contributed by atoms with Crippen LogP contribution in [-0.2, 0) is 12.8 Å². The molecule has 176 valence electrons. The van der Waals surface area contributed by atoms with Gasteiger partial charge >= 0.3 is 0 Å². The van der Waals surface area contributed by atoms with E-state index < -0.39 is 4.92 Å². The van der Waals surface area contributed by atoms with E-state index in [9.17, 15) is 14.9 Å². The molecule has 1 atom stereocenters. The number of anilines is 1. The monoisotopic (exact) mass is 495 g/mol. The zero-order valence-corrected chi connectivity index (χ0v) is 20.9. The quantitative estimate of drug-likeness (QED) is 0.226. The van der Waals surface area contributed by atoms with Crippen LogP contribution >= 0.6 is 22.9 Å². The third-order valence-corrected chi connectivity index (χ3v) is 7.63. The van der Waals surface area contributed by atoms with Crippen molar-refractivity contribution in [1.82, 2.24) is 0 Å². The van der Waals surface area contributed by atoms with Crippen molar-refractivity contribution in [3.05, 3.63) is 85.2 Å². The number of benzene rings is 2. The summed E-state index contributed by atoms with van der Waals surface area (Å²) in [6, 6.07) is 13.3. The van der Waals surface area contributed by atoms with Crippen molar-refractivity contribution in [3.63, 3.8) is 0 Å². The largest absolute Gasteiger partial charge is 0.322 e. The third kappa shape index (κ3) is 5.37. The predicted octanol–water partition coefficient (Wildman–Crippen LogP) is 7.46. The number of nitro benzene ring substituents is 1. The van der Waals surface area contributed by atoms with E-state index in [-0.39, 0.29) is 17.0 Å². The Bertz CT molecular complexity index is 1260. The second-order valence-corrected chi connectivity index (χ2v) is 11.1. The van der Waals surface area contributed by atoms with Crippen LogP contribution in [0.2, 0.25) is 5.02 Å². The van der Waals surface area contributed by atoms with Crippen molar-refractivity contribution < 1.29 is 9.72 Å². The number of amides is 1. The van der Waals surface area contributed by atoms with E-state index in [2.05, 4.69) is 31.1 Å². The van der Waals surface area contributed by atoms with Crippen molar-refractivity contribution in [3.8, 4) is 0 Å². The normalized spacial score (nSPS) is 15.8. The molecule has 4 rings (SSSR count). The summed E-state index contributed by atoms with van der Waals surface area (Å²) in [4.78, 5) is 29.9. The van der Waals surface area contributed by atoms with Gasteiger partial charge in [0.2, 0.25) is 0 Å². The van der Waals surface area contributed by atoms with Crippen molar-refractivity contribution in [2.24, 2.45) is 16.3 Å². The minimum Gasteiger partial charge on any atom is -0.322 e. The molecule has 1 aliphatic carbocycles. The van der Waals surface area contributed by atoms with E-state index in [1.165, 1.54) is 28.3 Å². The minimum absolute atomic E-state index is 0.00291. The lowest BCUT2D eigenvalue weighted by Crippen LogP contribution is -2.27. The molecule has 1 amide bonds. The number of aliphatic imine (C=N–C) groups is 1. The lowest BCUT2D eigenvalue weighted by Gasteiger charge is -2.33. The maximum Gasteiger partial charge on any atom is 0.270 e. The van der Waals surface area contributed by atoms with Crippen LogP contribution in [0.5, 0.6) is 0 Å². The Hall–Kier alpha value is -3.03. The summed E-state index contributed by atoms with van der Waals surface area (Å²) >= 11 is 7.52. The molecule has 0 radical (unpaired) electrons. The lowest BCUT2D eigenvalue weighted by molar-refractivity contribution is -0.384. The highest BCUT2D eigenvalue weighted by Gasteiger charge is 2.33. The summed E-state index contributed by atoms with van der Waals surface area (Å²) in [5.41, 5.74) is 3.10. The van der Waals surface area contributed by atoms with E-state index in [0.29, 0.717) is 32.8 Å². The topological polar surface area (TPSA) is 84.6 Å². The number of rotatable bonds is 5. The van der Waals surface area contributed by atoms with E-state index in [4.69, 9.17) is 11.6 Å². The first kappa shape index (κ1) is 24.1. The van der Waals surface area contributed by atoms with Crippen molar-refractivity contribution in [2.45, 2.75) is 40.0 Å². The molecule has 0 saturated heterocycles. The SMILES string of the molecule is CC(C)(C)[C@@H]1CCc2c(sc(N=Cc3cccc([N+](=O)[O-])c3)c2C(=O)Nc2ccc(Cl)cc2)C1. The molecule has 0 spiro atoms. The second-order valence-electron chi connectivity index (χ2n) is 9.56. The smallest absolute Gasteiger partial charge is 0.270 e. The number of halogens is 1. The zero-order valence-electron chi connectivity index (χ0n) is 19.3. The molecule has 34 heavy (non-hydrogen) atoms. The van der Waals surface area contributed by atoms with Crippen LogP contribution in [0.4, 0.5) is 16.4 Å². The molecule has 1 N–H and O–H groups in total. The number of hydrogen-bond donors (Lipinski definition) is 1. The highest BCUT2D eigenvalue weighted by molar-refractivity contribution is 7.16. The van der Waals surface area contributed by atoms with Crippen LogP contribution in [0, 0.1) is 21.4 Å². The zero-order chi connectivity index (χ0) is 24.5. The molecule has 0 unspecified atom stereocenters. The Morgan fingerprint density at radius 1 is 1.24 bits per heavy atom. The Kier molecular flexibility index (Phi) is 6.86. The van der Waals surface area contributed by atoms with Crippen LogP contribution < -0.4 is 5.32 Å². The van der Waals surface area contributed by atoms with Gasteiger partial charge in [0.25, 0.3) is 11.6 Å². The average molecular weight is 496 g/mol. The van der Waals surface area contributed by atoms with Gasteiger partial charge in [0, 0.05) is 33.9 Å². The summed E-state index contributed by atoms with van der Waals surface area (Å²) in [6.45, 7) is 6.77. The molecule has 0 aliphatic heterocycles. The van der Waals surface area contributed by atoms with E-state index in [1.807, 2.05) is 0 Å². The lowest BCUT2D eigenvalue weighted by atomic mass is 9.72. The molecule has 0 fully saturated rings. The third-order valence-electron chi connectivity index (χ3n) is 6.21. The number of hydrogen-bond acceptors (Lipinski definition) is 5. The van der Waals surface area contributed by atoms with Gasteiger partial charge in [-0.3, -0.25) is 14.9 Å². The summed E-state index contributed by atoms with van der Waals surface area (Å²) in [6.07, 6.45) is 4.34. The van der Waals surface area contributed by atoms with Crippen LogP contribution in [0.25, 0.3) is 0 Å². The van der Waals surface area contributed by atoms with E-state index >= 15 is 0 Å². The molecule has 0 saturated carbocycles. The average Bonchev–Trinajstić information content (AvgIpc) is 3.16. The van der Waals surface area contributed by atoms with Gasteiger partial charge < -0.3 is 5.32 Å². The van der Waals surface area contributed by atoms with Crippen molar-refractivity contribution in [2.75, 3.05) is 5.32 Å².